The van der Waals surface area contributed by atoms with E-state index in [0.717, 1.165) is 34.6 Å². The highest BCUT2D eigenvalue weighted by Gasteiger charge is 2.29. The first-order valence-electron chi connectivity index (χ1n) is 11.6. The molecule has 6 nitrogen and oxygen atoms in total. The smallest absolute Gasteiger partial charge is 0.341 e. The molecule has 2 N–H and O–H groups in total. The van der Waals surface area contributed by atoms with Gasteiger partial charge >= 0.3 is 5.97 Å². The fraction of sp³-hybridized carbons (Fsp3) is 0.296. The summed E-state index contributed by atoms with van der Waals surface area (Å²) in [5.74, 6) is -0.877. The normalized spacial score (nSPS) is 15.5. The van der Waals surface area contributed by atoms with Gasteiger partial charge in [0.05, 0.1) is 17.9 Å². The number of thioether (sulfide) groups is 1. The van der Waals surface area contributed by atoms with Gasteiger partial charge in [-0.2, -0.15) is 0 Å². The third kappa shape index (κ3) is 5.96. The largest absolute Gasteiger partial charge is 0.465 e. The second kappa shape index (κ2) is 11.3. The van der Waals surface area contributed by atoms with Crippen molar-refractivity contribution in [2.24, 2.45) is 5.92 Å². The van der Waals surface area contributed by atoms with Crippen LogP contribution in [-0.2, 0) is 22.4 Å². The van der Waals surface area contributed by atoms with Gasteiger partial charge in [-0.05, 0) is 80.1 Å². The van der Waals surface area contributed by atoms with E-state index in [0.29, 0.717) is 27.7 Å². The Morgan fingerprint density at radius 2 is 1.89 bits per heavy atom. The van der Waals surface area contributed by atoms with E-state index < -0.39 is 17.0 Å². The van der Waals surface area contributed by atoms with Crippen LogP contribution in [0, 0.1) is 11.7 Å². The van der Waals surface area contributed by atoms with Gasteiger partial charge in [-0.3, -0.25) is 9.59 Å². The van der Waals surface area contributed by atoms with Gasteiger partial charge in [-0.1, -0.05) is 13.0 Å². The Labute approximate surface area is 217 Å². The van der Waals surface area contributed by atoms with Crippen LogP contribution >= 0.6 is 23.1 Å². The lowest BCUT2D eigenvalue weighted by Gasteiger charge is -2.18. The second-order valence-electron chi connectivity index (χ2n) is 8.79. The van der Waals surface area contributed by atoms with E-state index in [1.165, 1.54) is 54.5 Å². The Bertz CT molecular complexity index is 1290. The van der Waals surface area contributed by atoms with Crippen molar-refractivity contribution < 1.29 is 23.5 Å². The third-order valence-electron chi connectivity index (χ3n) is 6.02. The molecule has 36 heavy (non-hydrogen) atoms. The number of halogens is 1. The van der Waals surface area contributed by atoms with Gasteiger partial charge in [-0.15, -0.1) is 23.1 Å². The number of benzene rings is 2. The molecule has 0 spiro atoms. The van der Waals surface area contributed by atoms with E-state index in [1.807, 2.05) is 6.07 Å². The van der Waals surface area contributed by atoms with Gasteiger partial charge < -0.3 is 15.4 Å². The molecule has 1 heterocycles. The first-order valence-corrected chi connectivity index (χ1v) is 13.3. The summed E-state index contributed by atoms with van der Waals surface area (Å²) < 4.78 is 18.1. The number of carbonyl (C=O) groups is 3. The molecule has 188 valence electrons. The molecular weight excluding hydrogens is 499 g/mol. The predicted molar refractivity (Wildman–Crippen MR) is 142 cm³/mol. The highest BCUT2D eigenvalue weighted by molar-refractivity contribution is 8.00. The van der Waals surface area contributed by atoms with Crippen molar-refractivity contribution in [1.82, 2.24) is 0 Å². The first-order chi connectivity index (χ1) is 17.2. The molecule has 2 unspecified atom stereocenters. The summed E-state index contributed by atoms with van der Waals surface area (Å²) >= 11 is 2.80. The Hall–Kier alpha value is -3.17. The Balaban J connectivity index is 1.44. The Morgan fingerprint density at radius 3 is 2.61 bits per heavy atom. The minimum atomic E-state index is -0.461. The number of nitrogens with one attached hydrogen (secondary N) is 2. The van der Waals surface area contributed by atoms with Crippen molar-refractivity contribution >= 4 is 51.6 Å². The summed E-state index contributed by atoms with van der Waals surface area (Å²) in [5.41, 5.74) is 2.37. The molecule has 0 bridgehead atoms. The molecule has 2 atom stereocenters. The number of carbonyl (C=O) groups excluding carboxylic acids is 3. The van der Waals surface area contributed by atoms with Crippen molar-refractivity contribution in [1.29, 1.82) is 0 Å². The average molecular weight is 527 g/mol. The number of anilines is 2. The molecule has 3 aromatic rings. The zero-order chi connectivity index (χ0) is 25.8. The quantitative estimate of drug-likeness (QED) is 0.284. The summed E-state index contributed by atoms with van der Waals surface area (Å²) in [5, 5.41) is 5.82. The Kier molecular flexibility index (Phi) is 8.11. The predicted octanol–water partition coefficient (Wildman–Crippen LogP) is 6.17. The van der Waals surface area contributed by atoms with Crippen LogP contribution in [0.5, 0.6) is 0 Å². The van der Waals surface area contributed by atoms with Gasteiger partial charge in [0, 0.05) is 21.0 Å². The van der Waals surface area contributed by atoms with E-state index >= 15 is 0 Å². The van der Waals surface area contributed by atoms with Crippen LogP contribution in [0.2, 0.25) is 0 Å². The van der Waals surface area contributed by atoms with Gasteiger partial charge in [0.1, 0.15) is 10.8 Å². The molecule has 9 heteroatoms. The van der Waals surface area contributed by atoms with Crippen LogP contribution in [0.15, 0.2) is 53.4 Å². The number of thiophene rings is 1. The van der Waals surface area contributed by atoms with Gasteiger partial charge in [-0.25, -0.2) is 9.18 Å². The van der Waals surface area contributed by atoms with Crippen LogP contribution in [0.4, 0.5) is 15.1 Å². The molecule has 0 aliphatic heterocycles. The maximum atomic E-state index is 13.1. The molecule has 0 fully saturated rings. The minimum Gasteiger partial charge on any atom is -0.465 e. The lowest BCUT2D eigenvalue weighted by molar-refractivity contribution is -0.115. The van der Waals surface area contributed by atoms with Crippen LogP contribution in [0.3, 0.4) is 0 Å². The van der Waals surface area contributed by atoms with E-state index in [1.54, 1.807) is 25.1 Å². The van der Waals surface area contributed by atoms with Crippen molar-refractivity contribution in [3.8, 4) is 0 Å². The molecular formula is C27H27FN2O4S2. The van der Waals surface area contributed by atoms with Crippen molar-refractivity contribution in [2.75, 3.05) is 17.7 Å². The van der Waals surface area contributed by atoms with E-state index in [2.05, 4.69) is 17.6 Å². The lowest BCUT2D eigenvalue weighted by Crippen LogP contribution is -2.23. The number of ether oxygens (including phenoxy) is 1. The molecule has 1 aliphatic carbocycles. The van der Waals surface area contributed by atoms with Crippen LogP contribution < -0.4 is 10.6 Å². The van der Waals surface area contributed by atoms with Gasteiger partial charge in [0.25, 0.3) is 5.91 Å². The number of fused-ring (bicyclic) bond motifs is 1. The molecule has 1 aliphatic rings. The molecule has 0 saturated heterocycles. The highest BCUT2D eigenvalue weighted by Crippen LogP contribution is 2.40. The van der Waals surface area contributed by atoms with Crippen molar-refractivity contribution in [3.05, 3.63) is 75.9 Å². The topological polar surface area (TPSA) is 84.5 Å². The fourth-order valence-electron chi connectivity index (χ4n) is 4.08. The molecule has 0 saturated carbocycles. The standard InChI is InChI=1S/C27H27FN2O4S2/c1-15-7-12-21-22(13-15)36-26(23(21)27(33)34-3)30-24(31)16(2)35-20-6-4-5-19(14-20)29-25(32)17-8-10-18(28)11-9-17/h4-6,8-11,14-16H,7,12-13H2,1-3H3,(H,29,32)(H,30,31). The first kappa shape index (κ1) is 25.9. The molecule has 1 aromatic heterocycles. The highest BCUT2D eigenvalue weighted by atomic mass is 32.2. The van der Waals surface area contributed by atoms with Gasteiger partial charge in [0.15, 0.2) is 0 Å². The molecule has 2 aromatic carbocycles. The Morgan fingerprint density at radius 1 is 1.14 bits per heavy atom. The van der Waals surface area contributed by atoms with E-state index in [-0.39, 0.29) is 11.8 Å². The summed E-state index contributed by atoms with van der Waals surface area (Å²) in [6, 6.07) is 12.5. The summed E-state index contributed by atoms with van der Waals surface area (Å²) in [4.78, 5) is 39.9. The minimum absolute atomic E-state index is 0.224. The van der Waals surface area contributed by atoms with Crippen LogP contribution in [0.1, 0.15) is 51.4 Å². The monoisotopic (exact) mass is 526 g/mol. The zero-order valence-electron chi connectivity index (χ0n) is 20.2. The average Bonchev–Trinajstić information content (AvgIpc) is 3.20. The van der Waals surface area contributed by atoms with Gasteiger partial charge in [0.2, 0.25) is 5.91 Å². The van der Waals surface area contributed by atoms with Crippen molar-refractivity contribution in [3.63, 3.8) is 0 Å². The number of esters is 1. The molecule has 2 amide bonds. The number of methoxy groups -OCH3 is 1. The summed E-state index contributed by atoms with van der Waals surface area (Å²) in [7, 11) is 1.35. The third-order valence-corrected chi connectivity index (χ3v) is 8.28. The maximum Gasteiger partial charge on any atom is 0.341 e. The summed E-state index contributed by atoms with van der Waals surface area (Å²) in [6.07, 6.45) is 2.69. The lowest BCUT2D eigenvalue weighted by atomic mass is 9.88. The number of rotatable bonds is 7. The molecule has 4 rings (SSSR count). The number of hydrogen-bond donors (Lipinski definition) is 2. The second-order valence-corrected chi connectivity index (χ2v) is 11.3. The number of hydrogen-bond acceptors (Lipinski definition) is 6. The van der Waals surface area contributed by atoms with Crippen LogP contribution in [-0.4, -0.2) is 30.1 Å². The van der Waals surface area contributed by atoms with Crippen LogP contribution in [0.25, 0.3) is 0 Å². The SMILES string of the molecule is COC(=O)c1c(NC(=O)C(C)Sc2cccc(NC(=O)c3ccc(F)cc3)c2)sc2c1CCC(C)C2. The zero-order valence-corrected chi connectivity index (χ0v) is 21.9. The maximum absolute atomic E-state index is 13.1. The van der Waals surface area contributed by atoms with E-state index in [9.17, 15) is 18.8 Å². The number of amides is 2. The van der Waals surface area contributed by atoms with Crippen molar-refractivity contribution in [2.45, 2.75) is 43.3 Å². The van der Waals surface area contributed by atoms with E-state index in [4.69, 9.17) is 4.74 Å². The summed E-state index contributed by atoms with van der Waals surface area (Å²) in [6.45, 7) is 3.98. The molecule has 0 radical (unpaired) electrons. The fourth-order valence-corrected chi connectivity index (χ4v) is 6.41.